The molecule has 1 saturated heterocycles. The van der Waals surface area contributed by atoms with Crippen LogP contribution in [0.25, 0.3) is 0 Å². The van der Waals surface area contributed by atoms with Crippen LogP contribution < -0.4 is 4.90 Å². The average Bonchev–Trinajstić information content (AvgIpc) is 2.37. The molecule has 3 nitrogen and oxygen atoms in total. The molecule has 4 heteroatoms. The summed E-state index contributed by atoms with van der Waals surface area (Å²) in [6, 6.07) is 8.19. The zero-order valence-corrected chi connectivity index (χ0v) is 10.7. The molecule has 0 spiro atoms. The van der Waals surface area contributed by atoms with Crippen molar-refractivity contribution in [2.24, 2.45) is 0 Å². The summed E-state index contributed by atoms with van der Waals surface area (Å²) in [5.74, 6) is 0. The molecule has 0 radical (unpaired) electrons. The van der Waals surface area contributed by atoms with E-state index in [0.29, 0.717) is 6.54 Å². The van der Waals surface area contributed by atoms with Crippen molar-refractivity contribution < 1.29 is 5.11 Å². The first-order valence-corrected chi connectivity index (χ1v) is 6.99. The van der Waals surface area contributed by atoms with Crippen molar-refractivity contribution in [1.82, 2.24) is 0 Å². The highest BCUT2D eigenvalue weighted by atomic mass is 32.2. The molecule has 2 rings (SSSR count). The van der Waals surface area contributed by atoms with Gasteiger partial charge in [-0.1, -0.05) is 6.07 Å². The van der Waals surface area contributed by atoms with E-state index in [1.54, 1.807) is 11.8 Å². The number of nitrogens with zero attached hydrogens (tertiary/aromatic N) is 2. The van der Waals surface area contributed by atoms with Gasteiger partial charge in [-0.05, 0) is 31.2 Å². The number of hydrogen-bond donors (Lipinski definition) is 1. The minimum atomic E-state index is -0.270. The number of piperidine rings is 1. The van der Waals surface area contributed by atoms with E-state index in [0.717, 1.165) is 35.5 Å². The third kappa shape index (κ3) is 2.56. The first kappa shape index (κ1) is 12.3. The fourth-order valence-corrected chi connectivity index (χ4v) is 2.81. The zero-order chi connectivity index (χ0) is 12.3. The lowest BCUT2D eigenvalue weighted by atomic mass is 10.1. The Hall–Kier alpha value is -1.18. The molecule has 0 unspecified atom stereocenters. The standard InChI is InChI=1S/C13H16N2OS/c1-17-13-6-2-5-12(11(13)8-14)15-7-3-4-10(16)9-15/h2,5-6,10,16H,3-4,7,9H2,1H3/t10-/m0/s1. The van der Waals surface area contributed by atoms with Gasteiger partial charge in [0.05, 0.1) is 17.4 Å². The van der Waals surface area contributed by atoms with Gasteiger partial charge in [0.1, 0.15) is 6.07 Å². The largest absolute Gasteiger partial charge is 0.391 e. The number of nitriles is 1. The van der Waals surface area contributed by atoms with Crippen molar-refractivity contribution in [1.29, 1.82) is 5.26 Å². The number of benzene rings is 1. The molecular weight excluding hydrogens is 232 g/mol. The molecule has 1 aliphatic rings. The van der Waals surface area contributed by atoms with Crippen molar-refractivity contribution in [3.05, 3.63) is 23.8 Å². The Labute approximate surface area is 106 Å². The highest BCUT2D eigenvalue weighted by Crippen LogP contribution is 2.30. The SMILES string of the molecule is CSc1cccc(N2CCC[C@H](O)C2)c1C#N. The molecular formula is C13H16N2OS. The van der Waals surface area contributed by atoms with E-state index in [1.807, 2.05) is 24.5 Å². The van der Waals surface area contributed by atoms with Crippen LogP contribution in [-0.2, 0) is 0 Å². The van der Waals surface area contributed by atoms with Crippen LogP contribution in [0.2, 0.25) is 0 Å². The fraction of sp³-hybridized carbons (Fsp3) is 0.462. The lowest BCUT2D eigenvalue weighted by Crippen LogP contribution is -2.38. The summed E-state index contributed by atoms with van der Waals surface area (Å²) in [7, 11) is 0. The van der Waals surface area contributed by atoms with Crippen LogP contribution >= 0.6 is 11.8 Å². The summed E-state index contributed by atoms with van der Waals surface area (Å²) in [5.41, 5.74) is 1.69. The number of aliphatic hydroxyl groups is 1. The quantitative estimate of drug-likeness (QED) is 0.815. The van der Waals surface area contributed by atoms with E-state index in [-0.39, 0.29) is 6.10 Å². The van der Waals surface area contributed by atoms with Crippen molar-refractivity contribution >= 4 is 17.4 Å². The fourth-order valence-electron chi connectivity index (χ4n) is 2.24. The van der Waals surface area contributed by atoms with Crippen molar-refractivity contribution in [3.63, 3.8) is 0 Å². The number of hydrogen-bond acceptors (Lipinski definition) is 4. The summed E-state index contributed by atoms with van der Waals surface area (Å²) in [4.78, 5) is 3.12. The van der Waals surface area contributed by atoms with E-state index in [1.165, 1.54) is 0 Å². The lowest BCUT2D eigenvalue weighted by molar-refractivity contribution is 0.154. The number of β-amino-alcohol motifs (C(OH)–C–C–N with tert-alkyl or cyclic N) is 1. The predicted octanol–water partition coefficient (Wildman–Crippen LogP) is 2.24. The van der Waals surface area contributed by atoms with Crippen LogP contribution in [0.15, 0.2) is 23.1 Å². The third-order valence-corrected chi connectivity index (χ3v) is 3.85. The maximum atomic E-state index is 9.70. The molecule has 1 N–H and O–H groups in total. The normalized spacial score (nSPS) is 20.1. The van der Waals surface area contributed by atoms with Gasteiger partial charge in [-0.3, -0.25) is 0 Å². The topological polar surface area (TPSA) is 47.3 Å². The summed E-state index contributed by atoms with van der Waals surface area (Å²) < 4.78 is 0. The second-order valence-corrected chi connectivity index (χ2v) is 5.06. The summed E-state index contributed by atoms with van der Waals surface area (Å²) >= 11 is 1.59. The first-order chi connectivity index (χ1) is 8.26. The number of thioether (sulfide) groups is 1. The van der Waals surface area contributed by atoms with Gasteiger partial charge in [0.2, 0.25) is 0 Å². The number of aliphatic hydroxyl groups excluding tert-OH is 1. The molecule has 1 heterocycles. The highest BCUT2D eigenvalue weighted by molar-refractivity contribution is 7.98. The van der Waals surface area contributed by atoms with Crippen LogP contribution in [0, 0.1) is 11.3 Å². The third-order valence-electron chi connectivity index (χ3n) is 3.07. The van der Waals surface area contributed by atoms with E-state index in [4.69, 9.17) is 0 Å². The maximum Gasteiger partial charge on any atom is 0.103 e. The molecule has 0 saturated carbocycles. The Morgan fingerprint density at radius 1 is 1.53 bits per heavy atom. The van der Waals surface area contributed by atoms with Crippen LogP contribution in [0.4, 0.5) is 5.69 Å². The van der Waals surface area contributed by atoms with Crippen LogP contribution in [0.3, 0.4) is 0 Å². The summed E-state index contributed by atoms with van der Waals surface area (Å²) in [6.07, 6.45) is 3.55. The lowest BCUT2D eigenvalue weighted by Gasteiger charge is -2.32. The number of rotatable bonds is 2. The molecule has 1 aromatic rings. The van der Waals surface area contributed by atoms with Crippen LogP contribution in [0.1, 0.15) is 18.4 Å². The maximum absolute atomic E-state index is 9.70. The Morgan fingerprint density at radius 2 is 2.35 bits per heavy atom. The smallest absolute Gasteiger partial charge is 0.103 e. The van der Waals surface area contributed by atoms with Crippen LogP contribution in [0.5, 0.6) is 0 Å². The van der Waals surface area contributed by atoms with E-state index in [9.17, 15) is 10.4 Å². The Bertz CT molecular complexity index is 442. The molecule has 0 amide bonds. The van der Waals surface area contributed by atoms with E-state index < -0.39 is 0 Å². The Kier molecular flexibility index (Phi) is 3.93. The molecule has 1 fully saturated rings. The monoisotopic (exact) mass is 248 g/mol. The summed E-state index contributed by atoms with van der Waals surface area (Å²) in [6.45, 7) is 1.55. The minimum Gasteiger partial charge on any atom is -0.391 e. The Balaban J connectivity index is 2.34. The van der Waals surface area contributed by atoms with Gasteiger partial charge in [-0.15, -0.1) is 11.8 Å². The second-order valence-electron chi connectivity index (χ2n) is 4.21. The Morgan fingerprint density at radius 3 is 3.00 bits per heavy atom. The van der Waals surface area contributed by atoms with Crippen molar-refractivity contribution in [2.45, 2.75) is 23.8 Å². The minimum absolute atomic E-state index is 0.270. The van der Waals surface area contributed by atoms with Gasteiger partial charge in [0.25, 0.3) is 0 Å². The molecule has 1 aromatic carbocycles. The molecule has 0 aromatic heterocycles. The highest BCUT2D eigenvalue weighted by Gasteiger charge is 2.21. The van der Waals surface area contributed by atoms with Gasteiger partial charge >= 0.3 is 0 Å². The average molecular weight is 248 g/mol. The molecule has 0 aliphatic carbocycles. The van der Waals surface area contributed by atoms with Gasteiger partial charge < -0.3 is 10.0 Å². The van der Waals surface area contributed by atoms with Crippen molar-refractivity contribution in [2.75, 3.05) is 24.2 Å². The second kappa shape index (κ2) is 5.44. The van der Waals surface area contributed by atoms with Gasteiger partial charge in [0, 0.05) is 18.0 Å². The van der Waals surface area contributed by atoms with Crippen LogP contribution in [-0.4, -0.2) is 30.6 Å². The van der Waals surface area contributed by atoms with E-state index in [2.05, 4.69) is 11.0 Å². The van der Waals surface area contributed by atoms with E-state index >= 15 is 0 Å². The number of anilines is 1. The predicted molar refractivity (Wildman–Crippen MR) is 70.4 cm³/mol. The first-order valence-electron chi connectivity index (χ1n) is 5.76. The molecule has 1 atom stereocenters. The van der Waals surface area contributed by atoms with Crippen molar-refractivity contribution in [3.8, 4) is 6.07 Å². The molecule has 0 bridgehead atoms. The molecule has 90 valence electrons. The van der Waals surface area contributed by atoms with Gasteiger partial charge in [-0.2, -0.15) is 5.26 Å². The molecule has 1 aliphatic heterocycles. The zero-order valence-electron chi connectivity index (χ0n) is 9.89. The molecule has 17 heavy (non-hydrogen) atoms. The van der Waals surface area contributed by atoms with Gasteiger partial charge in [-0.25, -0.2) is 0 Å². The van der Waals surface area contributed by atoms with Gasteiger partial charge in [0.15, 0.2) is 0 Å². The summed E-state index contributed by atoms with van der Waals surface area (Å²) in [5, 5.41) is 19.0.